The number of ether oxygens (including phenoxy) is 1. The molecule has 0 aliphatic carbocycles. The van der Waals surface area contributed by atoms with Crippen LogP contribution < -0.4 is 5.32 Å². The van der Waals surface area contributed by atoms with E-state index in [9.17, 15) is 0 Å². The average molecular weight is 280 g/mol. The summed E-state index contributed by atoms with van der Waals surface area (Å²) in [6.07, 6.45) is 5.19. The minimum absolute atomic E-state index is 0.00822. The summed E-state index contributed by atoms with van der Waals surface area (Å²) >= 11 is 0. The standard InChI is InChI=1S/C17H21BN2O/c1-2-3-4-7-13-9-10-15(14(12-13)17(18)19)20-16-8-5-6-11-21-16/h9-10,12,16,19-20H,2-3,5-6,8,11H2,1H3. The molecule has 1 atom stereocenters. The van der Waals surface area contributed by atoms with E-state index < -0.39 is 0 Å². The fourth-order valence-electron chi connectivity index (χ4n) is 2.29. The number of unbranched alkanes of at least 4 members (excludes halogenated alkanes) is 1. The molecule has 1 heterocycles. The van der Waals surface area contributed by atoms with Crippen molar-refractivity contribution in [3.05, 3.63) is 29.3 Å². The number of hydrogen-bond donors (Lipinski definition) is 2. The maximum absolute atomic E-state index is 7.75. The minimum Gasteiger partial charge on any atom is -0.360 e. The van der Waals surface area contributed by atoms with Crippen LogP contribution in [0.15, 0.2) is 18.2 Å². The second-order valence-electron chi connectivity index (χ2n) is 5.23. The molecule has 1 unspecified atom stereocenters. The number of nitrogens with one attached hydrogen (secondary N) is 2. The van der Waals surface area contributed by atoms with Gasteiger partial charge in [-0.3, -0.25) is 0 Å². The van der Waals surface area contributed by atoms with E-state index in [1.807, 2.05) is 18.2 Å². The van der Waals surface area contributed by atoms with Gasteiger partial charge in [0.05, 0.1) is 0 Å². The van der Waals surface area contributed by atoms with Crippen LogP contribution in [-0.4, -0.2) is 26.3 Å². The van der Waals surface area contributed by atoms with Crippen LogP contribution in [0.5, 0.6) is 0 Å². The average Bonchev–Trinajstić information content (AvgIpc) is 2.50. The largest absolute Gasteiger partial charge is 0.360 e. The van der Waals surface area contributed by atoms with Crippen molar-refractivity contribution in [3.8, 4) is 11.8 Å². The van der Waals surface area contributed by atoms with Gasteiger partial charge in [-0.2, -0.15) is 0 Å². The van der Waals surface area contributed by atoms with Gasteiger partial charge < -0.3 is 15.5 Å². The summed E-state index contributed by atoms with van der Waals surface area (Å²) in [5, 5.41) is 11.1. The van der Waals surface area contributed by atoms with Gasteiger partial charge in [-0.1, -0.05) is 18.8 Å². The second kappa shape index (κ2) is 7.90. The van der Waals surface area contributed by atoms with Gasteiger partial charge in [0.15, 0.2) is 0 Å². The van der Waals surface area contributed by atoms with Crippen LogP contribution in [0.3, 0.4) is 0 Å². The second-order valence-corrected chi connectivity index (χ2v) is 5.23. The van der Waals surface area contributed by atoms with Crippen molar-refractivity contribution in [1.29, 1.82) is 5.41 Å². The highest BCUT2D eigenvalue weighted by Gasteiger charge is 2.15. The Kier molecular flexibility index (Phi) is 5.89. The molecule has 0 amide bonds. The molecule has 1 aliphatic rings. The highest BCUT2D eigenvalue weighted by molar-refractivity contribution is 6.64. The highest BCUT2D eigenvalue weighted by Crippen LogP contribution is 2.21. The summed E-state index contributed by atoms with van der Waals surface area (Å²) in [5.74, 6) is 6.22. The molecule has 2 rings (SSSR count). The molecule has 0 aromatic heterocycles. The third-order valence-electron chi connectivity index (χ3n) is 3.41. The monoisotopic (exact) mass is 280 g/mol. The van der Waals surface area contributed by atoms with Crippen molar-refractivity contribution in [2.45, 2.75) is 45.3 Å². The van der Waals surface area contributed by atoms with Crippen LogP contribution in [0, 0.1) is 17.3 Å². The third-order valence-corrected chi connectivity index (χ3v) is 3.41. The normalized spacial score (nSPS) is 17.7. The lowest BCUT2D eigenvalue weighted by Crippen LogP contribution is -2.28. The zero-order valence-electron chi connectivity index (χ0n) is 12.5. The Hall–Kier alpha value is -1.73. The Labute approximate surface area is 128 Å². The van der Waals surface area contributed by atoms with E-state index in [4.69, 9.17) is 18.0 Å². The van der Waals surface area contributed by atoms with Gasteiger partial charge in [0.25, 0.3) is 0 Å². The van der Waals surface area contributed by atoms with Gasteiger partial charge in [-0.15, -0.1) is 0 Å². The zero-order chi connectivity index (χ0) is 15.1. The van der Waals surface area contributed by atoms with Crippen molar-refractivity contribution in [3.63, 3.8) is 0 Å². The lowest BCUT2D eigenvalue weighted by Gasteiger charge is -2.25. The van der Waals surface area contributed by atoms with E-state index in [0.29, 0.717) is 5.56 Å². The Morgan fingerprint density at radius 3 is 3.00 bits per heavy atom. The first-order chi connectivity index (χ1) is 10.2. The SMILES string of the molecule is [B]C(=N)c1cc(C#CCCC)ccc1NC1CCCCO1. The topological polar surface area (TPSA) is 45.1 Å². The number of hydrogen-bond acceptors (Lipinski definition) is 3. The van der Waals surface area contributed by atoms with E-state index in [-0.39, 0.29) is 11.8 Å². The number of benzene rings is 1. The molecule has 4 heteroatoms. The Morgan fingerprint density at radius 2 is 2.33 bits per heavy atom. The molecule has 108 valence electrons. The molecule has 1 aliphatic heterocycles. The Balaban J connectivity index is 2.17. The quantitative estimate of drug-likeness (QED) is 0.505. The molecule has 1 aromatic rings. The highest BCUT2D eigenvalue weighted by atomic mass is 16.5. The molecule has 0 spiro atoms. The predicted octanol–water partition coefficient (Wildman–Crippen LogP) is 3.27. The maximum atomic E-state index is 7.75. The molecule has 1 aromatic carbocycles. The summed E-state index contributed by atoms with van der Waals surface area (Å²) < 4.78 is 5.68. The molecular formula is C17H21BN2O. The molecule has 21 heavy (non-hydrogen) atoms. The molecule has 0 bridgehead atoms. The van der Waals surface area contributed by atoms with E-state index in [1.54, 1.807) is 0 Å². The third kappa shape index (κ3) is 4.65. The van der Waals surface area contributed by atoms with Crippen molar-refractivity contribution in [2.75, 3.05) is 11.9 Å². The molecular weight excluding hydrogens is 259 g/mol. The maximum Gasteiger partial charge on any atom is 0.141 e. The van der Waals surface area contributed by atoms with Crippen molar-refractivity contribution in [1.82, 2.24) is 0 Å². The number of anilines is 1. The van der Waals surface area contributed by atoms with Gasteiger partial charge in [-0.25, -0.2) is 0 Å². The van der Waals surface area contributed by atoms with E-state index in [0.717, 1.165) is 50.0 Å². The fourth-order valence-corrected chi connectivity index (χ4v) is 2.29. The van der Waals surface area contributed by atoms with Gasteiger partial charge in [0.1, 0.15) is 14.1 Å². The van der Waals surface area contributed by atoms with Gasteiger partial charge in [0.2, 0.25) is 0 Å². The van der Waals surface area contributed by atoms with Gasteiger partial charge in [0, 0.05) is 29.8 Å². The lowest BCUT2D eigenvalue weighted by molar-refractivity contribution is 0.0343. The van der Waals surface area contributed by atoms with E-state index >= 15 is 0 Å². The fraction of sp³-hybridized carbons (Fsp3) is 0.471. The van der Waals surface area contributed by atoms with Crippen LogP contribution in [0.2, 0.25) is 0 Å². The minimum atomic E-state index is 0.00822. The van der Waals surface area contributed by atoms with Crippen molar-refractivity contribution in [2.24, 2.45) is 0 Å². The zero-order valence-corrected chi connectivity index (χ0v) is 12.5. The Bertz CT molecular complexity index is 554. The summed E-state index contributed by atoms with van der Waals surface area (Å²) in [5.41, 5.74) is 2.47. The predicted molar refractivity (Wildman–Crippen MR) is 88.0 cm³/mol. The Morgan fingerprint density at radius 1 is 1.48 bits per heavy atom. The molecule has 2 radical (unpaired) electrons. The van der Waals surface area contributed by atoms with Gasteiger partial charge in [-0.05, 0) is 49.5 Å². The van der Waals surface area contributed by atoms with Gasteiger partial charge >= 0.3 is 0 Å². The van der Waals surface area contributed by atoms with Crippen LogP contribution in [0.4, 0.5) is 5.69 Å². The summed E-state index contributed by atoms with van der Waals surface area (Å²) in [6.45, 7) is 2.89. The molecule has 2 N–H and O–H groups in total. The summed E-state index contributed by atoms with van der Waals surface area (Å²) in [6, 6.07) is 5.76. The van der Waals surface area contributed by atoms with Crippen molar-refractivity contribution >= 4 is 19.1 Å². The first-order valence-corrected chi connectivity index (χ1v) is 7.56. The van der Waals surface area contributed by atoms with Crippen LogP contribution in [-0.2, 0) is 4.74 Å². The summed E-state index contributed by atoms with van der Waals surface area (Å²) in [7, 11) is 5.70. The molecule has 3 nitrogen and oxygen atoms in total. The van der Waals surface area contributed by atoms with Crippen LogP contribution >= 0.6 is 0 Å². The van der Waals surface area contributed by atoms with Crippen molar-refractivity contribution < 1.29 is 4.74 Å². The molecule has 1 saturated heterocycles. The molecule has 0 saturated carbocycles. The molecule has 1 fully saturated rings. The van der Waals surface area contributed by atoms with E-state index in [1.165, 1.54) is 0 Å². The lowest BCUT2D eigenvalue weighted by atomic mass is 9.91. The first-order valence-electron chi connectivity index (χ1n) is 7.56. The first kappa shape index (κ1) is 15.7. The van der Waals surface area contributed by atoms with E-state index in [2.05, 4.69) is 24.1 Å². The van der Waals surface area contributed by atoms with Crippen LogP contribution in [0.1, 0.15) is 50.2 Å². The number of rotatable bonds is 4. The van der Waals surface area contributed by atoms with Crippen LogP contribution in [0.25, 0.3) is 0 Å². The summed E-state index contributed by atoms with van der Waals surface area (Å²) in [4.78, 5) is 0. The smallest absolute Gasteiger partial charge is 0.141 e.